The van der Waals surface area contributed by atoms with Crippen LogP contribution in [0.1, 0.15) is 6.92 Å². The Morgan fingerprint density at radius 3 is 3.08 bits per heavy atom. The van der Waals surface area contributed by atoms with Crippen LogP contribution in [-0.2, 0) is 0 Å². The highest BCUT2D eigenvalue weighted by atomic mass is 35.5. The summed E-state index contributed by atoms with van der Waals surface area (Å²) in [4.78, 5) is 4.13. The Kier molecular flexibility index (Phi) is 4.39. The predicted molar refractivity (Wildman–Crippen MR) is 60.7 cm³/mol. The van der Waals surface area contributed by atoms with Crippen molar-refractivity contribution >= 4 is 29.2 Å². The average molecular weight is 217 g/mol. The van der Waals surface area contributed by atoms with Gasteiger partial charge in [-0.3, -0.25) is 0 Å². The van der Waals surface area contributed by atoms with Crippen LogP contribution in [-0.4, -0.2) is 23.0 Å². The van der Waals surface area contributed by atoms with Gasteiger partial charge in [-0.2, -0.15) is 11.8 Å². The van der Waals surface area contributed by atoms with Crippen LogP contribution in [0.15, 0.2) is 18.3 Å². The molecule has 72 valence electrons. The maximum atomic E-state index is 5.92. The van der Waals surface area contributed by atoms with Crippen LogP contribution in [0.4, 0.5) is 5.82 Å². The molecule has 0 radical (unpaired) electrons. The van der Waals surface area contributed by atoms with Crippen molar-refractivity contribution in [2.24, 2.45) is 0 Å². The molecule has 1 aromatic rings. The summed E-state index contributed by atoms with van der Waals surface area (Å²) in [6, 6.07) is 3.66. The first-order chi connectivity index (χ1) is 6.24. The van der Waals surface area contributed by atoms with Gasteiger partial charge in [-0.15, -0.1) is 0 Å². The SMILES string of the molecule is CSC(C)CNc1ncccc1Cl. The van der Waals surface area contributed by atoms with Crippen molar-refractivity contribution in [3.8, 4) is 0 Å². The highest BCUT2D eigenvalue weighted by Gasteiger charge is 2.02. The topological polar surface area (TPSA) is 24.9 Å². The molecule has 0 bridgehead atoms. The van der Waals surface area contributed by atoms with E-state index in [0.717, 1.165) is 12.4 Å². The number of anilines is 1. The van der Waals surface area contributed by atoms with E-state index in [-0.39, 0.29) is 0 Å². The van der Waals surface area contributed by atoms with Crippen LogP contribution in [0.25, 0.3) is 0 Å². The number of thioether (sulfide) groups is 1. The summed E-state index contributed by atoms with van der Waals surface area (Å²) >= 11 is 7.74. The highest BCUT2D eigenvalue weighted by molar-refractivity contribution is 7.99. The second kappa shape index (κ2) is 5.35. The first kappa shape index (κ1) is 10.7. The fourth-order valence-corrected chi connectivity index (χ4v) is 1.28. The van der Waals surface area contributed by atoms with Gasteiger partial charge in [-0.1, -0.05) is 18.5 Å². The van der Waals surface area contributed by atoms with E-state index in [1.165, 1.54) is 0 Å². The minimum absolute atomic E-state index is 0.568. The minimum Gasteiger partial charge on any atom is -0.368 e. The molecule has 4 heteroatoms. The van der Waals surface area contributed by atoms with Gasteiger partial charge in [0.25, 0.3) is 0 Å². The highest BCUT2D eigenvalue weighted by Crippen LogP contribution is 2.17. The van der Waals surface area contributed by atoms with Gasteiger partial charge in [0.15, 0.2) is 0 Å². The van der Waals surface area contributed by atoms with Crippen LogP contribution in [0.2, 0.25) is 5.02 Å². The van der Waals surface area contributed by atoms with Crippen molar-refractivity contribution in [3.63, 3.8) is 0 Å². The van der Waals surface area contributed by atoms with Gasteiger partial charge >= 0.3 is 0 Å². The number of hydrogen-bond acceptors (Lipinski definition) is 3. The number of nitrogens with zero attached hydrogens (tertiary/aromatic N) is 1. The van der Waals surface area contributed by atoms with Gasteiger partial charge in [-0.25, -0.2) is 4.98 Å². The van der Waals surface area contributed by atoms with Gasteiger partial charge in [0.05, 0.1) is 5.02 Å². The van der Waals surface area contributed by atoms with E-state index in [2.05, 4.69) is 23.5 Å². The number of halogens is 1. The zero-order valence-corrected chi connectivity index (χ0v) is 9.32. The van der Waals surface area contributed by atoms with Crippen molar-refractivity contribution in [2.45, 2.75) is 12.2 Å². The van der Waals surface area contributed by atoms with Gasteiger partial charge < -0.3 is 5.32 Å². The number of hydrogen-bond donors (Lipinski definition) is 1. The monoisotopic (exact) mass is 216 g/mol. The van der Waals surface area contributed by atoms with Gasteiger partial charge in [-0.05, 0) is 18.4 Å². The Balaban J connectivity index is 2.50. The molecular formula is C9H13ClN2S. The Labute approximate surface area is 88.1 Å². The zero-order valence-electron chi connectivity index (χ0n) is 7.75. The lowest BCUT2D eigenvalue weighted by Gasteiger charge is -2.10. The Hall–Kier alpha value is -0.410. The van der Waals surface area contributed by atoms with E-state index in [1.807, 2.05) is 23.9 Å². The molecule has 1 aromatic heterocycles. The molecule has 1 heterocycles. The first-order valence-corrected chi connectivity index (χ1v) is 5.78. The quantitative estimate of drug-likeness (QED) is 0.838. The Morgan fingerprint density at radius 2 is 2.46 bits per heavy atom. The molecule has 1 unspecified atom stereocenters. The van der Waals surface area contributed by atoms with E-state index in [0.29, 0.717) is 10.3 Å². The van der Waals surface area contributed by atoms with Crippen LogP contribution in [0, 0.1) is 0 Å². The van der Waals surface area contributed by atoms with Gasteiger partial charge in [0.2, 0.25) is 0 Å². The molecule has 13 heavy (non-hydrogen) atoms. The lowest BCUT2D eigenvalue weighted by molar-refractivity contribution is 0.992. The normalized spacial score (nSPS) is 12.5. The second-order valence-corrected chi connectivity index (χ2v) is 4.44. The van der Waals surface area contributed by atoms with E-state index >= 15 is 0 Å². The van der Waals surface area contributed by atoms with Gasteiger partial charge in [0, 0.05) is 18.0 Å². The van der Waals surface area contributed by atoms with Crippen molar-refractivity contribution in [3.05, 3.63) is 23.4 Å². The summed E-state index contributed by atoms with van der Waals surface area (Å²) in [6.07, 6.45) is 3.82. The molecule has 0 saturated heterocycles. The van der Waals surface area contributed by atoms with E-state index in [4.69, 9.17) is 11.6 Å². The molecule has 0 aromatic carbocycles. The molecular weight excluding hydrogens is 204 g/mol. The summed E-state index contributed by atoms with van der Waals surface area (Å²) in [5.74, 6) is 0.769. The van der Waals surface area contributed by atoms with Crippen LogP contribution in [0.5, 0.6) is 0 Å². The molecule has 0 aliphatic heterocycles. The second-order valence-electron chi connectivity index (χ2n) is 2.76. The molecule has 1 rings (SSSR count). The van der Waals surface area contributed by atoms with Crippen molar-refractivity contribution in [2.75, 3.05) is 18.1 Å². The average Bonchev–Trinajstić information content (AvgIpc) is 2.16. The zero-order chi connectivity index (χ0) is 9.68. The molecule has 0 spiro atoms. The fourth-order valence-electron chi connectivity index (χ4n) is 0.840. The third-order valence-corrected chi connectivity index (χ3v) is 2.99. The van der Waals surface area contributed by atoms with Crippen molar-refractivity contribution in [1.82, 2.24) is 4.98 Å². The molecule has 1 atom stereocenters. The smallest absolute Gasteiger partial charge is 0.144 e. The van der Waals surface area contributed by atoms with Crippen molar-refractivity contribution < 1.29 is 0 Å². The molecule has 1 N–H and O–H groups in total. The van der Waals surface area contributed by atoms with E-state index in [9.17, 15) is 0 Å². The maximum Gasteiger partial charge on any atom is 0.144 e. The predicted octanol–water partition coefficient (Wildman–Crippen LogP) is 2.90. The molecule has 0 amide bonds. The third-order valence-electron chi connectivity index (χ3n) is 1.72. The molecule has 0 fully saturated rings. The Morgan fingerprint density at radius 1 is 1.69 bits per heavy atom. The summed E-state index contributed by atoms with van der Waals surface area (Å²) < 4.78 is 0. The Bertz CT molecular complexity index is 268. The number of pyridine rings is 1. The number of nitrogens with one attached hydrogen (secondary N) is 1. The summed E-state index contributed by atoms with van der Waals surface area (Å²) in [6.45, 7) is 3.05. The van der Waals surface area contributed by atoms with Crippen LogP contribution >= 0.6 is 23.4 Å². The van der Waals surface area contributed by atoms with Crippen LogP contribution in [0.3, 0.4) is 0 Å². The lowest BCUT2D eigenvalue weighted by atomic mass is 10.4. The number of rotatable bonds is 4. The fraction of sp³-hybridized carbons (Fsp3) is 0.444. The molecule has 0 aliphatic carbocycles. The first-order valence-electron chi connectivity index (χ1n) is 4.11. The number of aromatic nitrogens is 1. The van der Waals surface area contributed by atoms with E-state index in [1.54, 1.807) is 6.20 Å². The lowest BCUT2D eigenvalue weighted by Crippen LogP contribution is -2.13. The third kappa shape index (κ3) is 3.44. The summed E-state index contributed by atoms with van der Waals surface area (Å²) in [5, 5.41) is 4.44. The molecule has 0 aliphatic rings. The minimum atomic E-state index is 0.568. The molecule has 0 saturated carbocycles. The largest absolute Gasteiger partial charge is 0.368 e. The maximum absolute atomic E-state index is 5.92. The summed E-state index contributed by atoms with van der Waals surface area (Å²) in [5.41, 5.74) is 0. The van der Waals surface area contributed by atoms with Crippen molar-refractivity contribution in [1.29, 1.82) is 0 Å². The van der Waals surface area contributed by atoms with Crippen LogP contribution < -0.4 is 5.32 Å². The van der Waals surface area contributed by atoms with Gasteiger partial charge in [0.1, 0.15) is 5.82 Å². The standard InChI is InChI=1S/C9H13ClN2S/c1-7(13-2)6-12-9-8(10)4-3-5-11-9/h3-5,7H,6H2,1-2H3,(H,11,12). The summed E-state index contributed by atoms with van der Waals surface area (Å²) in [7, 11) is 0. The van der Waals surface area contributed by atoms with E-state index < -0.39 is 0 Å². The molecule has 2 nitrogen and oxygen atoms in total.